The van der Waals surface area contributed by atoms with Crippen molar-refractivity contribution in [3.8, 4) is 0 Å². The number of aromatic amines is 1. The summed E-state index contributed by atoms with van der Waals surface area (Å²) in [7, 11) is 0. The molecule has 1 aliphatic carbocycles. The third kappa shape index (κ3) is 2.16. The molecule has 92 valence electrons. The average Bonchev–Trinajstić information content (AvgIpc) is 3.05. The Morgan fingerprint density at radius 3 is 2.94 bits per heavy atom. The summed E-state index contributed by atoms with van der Waals surface area (Å²) in [5.74, 6) is 0.00546. The number of benzene rings is 1. The van der Waals surface area contributed by atoms with E-state index in [0.29, 0.717) is 6.54 Å². The van der Waals surface area contributed by atoms with Crippen molar-refractivity contribution >= 4 is 5.91 Å². The Hall–Kier alpha value is -2.03. The SMILES string of the molecule is O=C(NCc1cc[nH]c1)c1ccc2c(c1)CCC2. The quantitative estimate of drug-likeness (QED) is 0.850. The number of hydrogen-bond acceptors (Lipinski definition) is 1. The van der Waals surface area contributed by atoms with Gasteiger partial charge in [0.2, 0.25) is 0 Å². The molecule has 0 saturated heterocycles. The molecule has 3 heteroatoms. The molecule has 1 aromatic heterocycles. The van der Waals surface area contributed by atoms with E-state index >= 15 is 0 Å². The average molecular weight is 240 g/mol. The van der Waals surface area contributed by atoms with Crippen molar-refractivity contribution in [2.75, 3.05) is 0 Å². The normalized spacial score (nSPS) is 13.3. The molecule has 0 aliphatic heterocycles. The summed E-state index contributed by atoms with van der Waals surface area (Å²) in [5, 5.41) is 2.93. The van der Waals surface area contributed by atoms with Crippen LogP contribution in [-0.4, -0.2) is 10.9 Å². The van der Waals surface area contributed by atoms with Crippen LogP contribution in [0.15, 0.2) is 36.7 Å². The highest BCUT2D eigenvalue weighted by Gasteiger charge is 2.13. The summed E-state index contributed by atoms with van der Waals surface area (Å²) >= 11 is 0. The first-order valence-electron chi connectivity index (χ1n) is 6.34. The minimum absolute atomic E-state index is 0.00546. The van der Waals surface area contributed by atoms with Crippen LogP contribution in [0.25, 0.3) is 0 Å². The lowest BCUT2D eigenvalue weighted by molar-refractivity contribution is 0.0951. The van der Waals surface area contributed by atoms with Crippen molar-refractivity contribution in [1.29, 1.82) is 0 Å². The first-order valence-corrected chi connectivity index (χ1v) is 6.34. The molecule has 0 saturated carbocycles. The zero-order chi connectivity index (χ0) is 12.4. The van der Waals surface area contributed by atoms with Gasteiger partial charge in [0.25, 0.3) is 5.91 Å². The van der Waals surface area contributed by atoms with Crippen molar-refractivity contribution in [2.24, 2.45) is 0 Å². The predicted octanol–water partition coefficient (Wildman–Crippen LogP) is 2.43. The number of fused-ring (bicyclic) bond motifs is 1. The van der Waals surface area contributed by atoms with Gasteiger partial charge in [-0.2, -0.15) is 0 Å². The molecule has 2 N–H and O–H groups in total. The Morgan fingerprint density at radius 2 is 2.11 bits per heavy atom. The number of carbonyl (C=O) groups excluding carboxylic acids is 1. The van der Waals surface area contributed by atoms with E-state index < -0.39 is 0 Å². The lowest BCUT2D eigenvalue weighted by atomic mass is 10.1. The molecule has 0 unspecified atom stereocenters. The Bertz CT molecular complexity index is 558. The van der Waals surface area contributed by atoms with E-state index in [0.717, 1.165) is 24.0 Å². The smallest absolute Gasteiger partial charge is 0.251 e. The summed E-state index contributed by atoms with van der Waals surface area (Å²) in [6.07, 6.45) is 7.22. The van der Waals surface area contributed by atoms with E-state index in [2.05, 4.69) is 16.4 Å². The molecule has 1 aromatic carbocycles. The highest BCUT2D eigenvalue weighted by Crippen LogP contribution is 2.22. The van der Waals surface area contributed by atoms with Gasteiger partial charge in [-0.25, -0.2) is 0 Å². The number of hydrogen-bond donors (Lipinski definition) is 2. The summed E-state index contributed by atoms with van der Waals surface area (Å²) in [5.41, 5.74) is 4.59. The summed E-state index contributed by atoms with van der Waals surface area (Å²) < 4.78 is 0. The van der Waals surface area contributed by atoms with Gasteiger partial charge < -0.3 is 10.3 Å². The Balaban J connectivity index is 1.69. The molecule has 0 bridgehead atoms. The standard InChI is InChI=1S/C15H16N2O/c18-15(17-10-11-6-7-16-9-11)14-5-4-12-2-1-3-13(12)8-14/h4-9,16H,1-3,10H2,(H,17,18). The van der Waals surface area contributed by atoms with Crippen LogP contribution in [0.3, 0.4) is 0 Å². The largest absolute Gasteiger partial charge is 0.367 e. The highest BCUT2D eigenvalue weighted by molar-refractivity contribution is 5.94. The van der Waals surface area contributed by atoms with Gasteiger partial charge in [0.15, 0.2) is 0 Å². The molecule has 0 radical (unpaired) electrons. The number of aryl methyl sites for hydroxylation is 2. The van der Waals surface area contributed by atoms with Crippen LogP contribution in [0.1, 0.15) is 33.5 Å². The molecule has 1 amide bonds. The maximum atomic E-state index is 12.0. The van der Waals surface area contributed by atoms with Crippen LogP contribution in [-0.2, 0) is 19.4 Å². The van der Waals surface area contributed by atoms with Crippen molar-refractivity contribution in [2.45, 2.75) is 25.8 Å². The number of aromatic nitrogens is 1. The molecule has 2 aromatic rings. The molecule has 3 nitrogen and oxygen atoms in total. The summed E-state index contributed by atoms with van der Waals surface area (Å²) in [6.45, 7) is 0.569. The van der Waals surface area contributed by atoms with Crippen molar-refractivity contribution in [1.82, 2.24) is 10.3 Å². The molecule has 0 atom stereocenters. The van der Waals surface area contributed by atoms with Crippen LogP contribution in [0.2, 0.25) is 0 Å². The third-order valence-electron chi connectivity index (χ3n) is 3.48. The number of H-pyrrole nitrogens is 1. The molecular weight excluding hydrogens is 224 g/mol. The van der Waals surface area contributed by atoms with Crippen LogP contribution >= 0.6 is 0 Å². The third-order valence-corrected chi connectivity index (χ3v) is 3.48. The highest BCUT2D eigenvalue weighted by atomic mass is 16.1. The van der Waals surface area contributed by atoms with E-state index in [1.54, 1.807) is 0 Å². The maximum absolute atomic E-state index is 12.0. The molecule has 3 rings (SSSR count). The van der Waals surface area contributed by atoms with Crippen molar-refractivity contribution in [3.05, 3.63) is 58.9 Å². The predicted molar refractivity (Wildman–Crippen MR) is 70.4 cm³/mol. The fourth-order valence-electron chi connectivity index (χ4n) is 2.47. The lowest BCUT2D eigenvalue weighted by Crippen LogP contribution is -2.22. The van der Waals surface area contributed by atoms with Gasteiger partial charge in [0, 0.05) is 24.5 Å². The molecule has 1 aliphatic rings. The zero-order valence-electron chi connectivity index (χ0n) is 10.2. The van der Waals surface area contributed by atoms with E-state index in [4.69, 9.17) is 0 Å². The molecule has 0 fully saturated rings. The van der Waals surface area contributed by atoms with E-state index in [9.17, 15) is 4.79 Å². The number of rotatable bonds is 3. The molecule has 18 heavy (non-hydrogen) atoms. The minimum atomic E-state index is 0.00546. The Labute approximate surface area is 106 Å². The first-order chi connectivity index (χ1) is 8.83. The van der Waals surface area contributed by atoms with Gasteiger partial charge in [-0.3, -0.25) is 4.79 Å². The number of carbonyl (C=O) groups is 1. The van der Waals surface area contributed by atoms with Crippen molar-refractivity contribution in [3.63, 3.8) is 0 Å². The molecular formula is C15H16N2O. The van der Waals surface area contributed by atoms with E-state index in [1.807, 2.05) is 30.6 Å². The molecule has 0 spiro atoms. The Kier molecular flexibility index (Phi) is 2.89. The lowest BCUT2D eigenvalue weighted by Gasteiger charge is -2.06. The minimum Gasteiger partial charge on any atom is -0.367 e. The van der Waals surface area contributed by atoms with Gasteiger partial charge in [-0.1, -0.05) is 6.07 Å². The Morgan fingerprint density at radius 1 is 1.22 bits per heavy atom. The zero-order valence-corrected chi connectivity index (χ0v) is 10.2. The maximum Gasteiger partial charge on any atom is 0.251 e. The van der Waals surface area contributed by atoms with E-state index in [-0.39, 0.29) is 5.91 Å². The van der Waals surface area contributed by atoms with Crippen LogP contribution < -0.4 is 5.32 Å². The van der Waals surface area contributed by atoms with Gasteiger partial charge >= 0.3 is 0 Å². The van der Waals surface area contributed by atoms with Gasteiger partial charge in [0.05, 0.1) is 0 Å². The summed E-state index contributed by atoms with van der Waals surface area (Å²) in [4.78, 5) is 15.0. The van der Waals surface area contributed by atoms with Gasteiger partial charge in [0.1, 0.15) is 0 Å². The second-order valence-corrected chi connectivity index (χ2v) is 4.74. The van der Waals surface area contributed by atoms with Crippen molar-refractivity contribution < 1.29 is 4.79 Å². The monoisotopic (exact) mass is 240 g/mol. The fourth-order valence-corrected chi connectivity index (χ4v) is 2.47. The van der Waals surface area contributed by atoms with E-state index in [1.165, 1.54) is 17.5 Å². The topological polar surface area (TPSA) is 44.9 Å². The van der Waals surface area contributed by atoms with Crippen LogP contribution in [0.4, 0.5) is 0 Å². The van der Waals surface area contributed by atoms with Gasteiger partial charge in [-0.15, -0.1) is 0 Å². The van der Waals surface area contributed by atoms with Gasteiger partial charge in [-0.05, 0) is 54.2 Å². The van der Waals surface area contributed by atoms with Crippen LogP contribution in [0.5, 0.6) is 0 Å². The first kappa shape index (κ1) is 11.1. The second kappa shape index (κ2) is 4.69. The molecule has 1 heterocycles. The summed E-state index contributed by atoms with van der Waals surface area (Å²) in [6, 6.07) is 8.02. The second-order valence-electron chi connectivity index (χ2n) is 4.74. The van der Waals surface area contributed by atoms with Crippen LogP contribution in [0, 0.1) is 0 Å². The fraction of sp³-hybridized carbons (Fsp3) is 0.267. The number of nitrogens with one attached hydrogen (secondary N) is 2. The number of amides is 1.